The van der Waals surface area contributed by atoms with Crippen LogP contribution in [0.25, 0.3) is 0 Å². The van der Waals surface area contributed by atoms with Gasteiger partial charge in [-0.15, -0.1) is 0 Å². The second-order valence-electron chi connectivity index (χ2n) is 3.49. The Kier molecular flexibility index (Phi) is 4.27. The first kappa shape index (κ1) is 11.7. The van der Waals surface area contributed by atoms with Crippen LogP contribution in [0.1, 0.15) is 19.4 Å². The van der Waals surface area contributed by atoms with Crippen molar-refractivity contribution in [2.24, 2.45) is 11.8 Å². The van der Waals surface area contributed by atoms with Crippen molar-refractivity contribution in [3.8, 4) is 5.75 Å². The Labute approximate surface area is 88.9 Å². The Bertz CT molecular complexity index is 336. The van der Waals surface area contributed by atoms with E-state index < -0.39 is 0 Å². The Hall–Kier alpha value is -1.39. The number of hydrogen-bond acceptors (Lipinski definition) is 4. The van der Waals surface area contributed by atoms with E-state index in [1.807, 2.05) is 6.07 Å². The lowest BCUT2D eigenvalue weighted by molar-refractivity contribution is -0.137. The third-order valence-corrected chi connectivity index (χ3v) is 1.89. The zero-order valence-corrected chi connectivity index (χ0v) is 8.90. The predicted octanol–water partition coefficient (Wildman–Crippen LogP) is 1.64. The van der Waals surface area contributed by atoms with Gasteiger partial charge < -0.3 is 4.74 Å². The van der Waals surface area contributed by atoms with Crippen LogP contribution in [-0.2, 0) is 16.2 Å². The Morgan fingerprint density at radius 2 is 2.07 bits per heavy atom. The number of ether oxygens (including phenoxy) is 1. The monoisotopic (exact) mass is 209 g/mol. The van der Waals surface area contributed by atoms with Gasteiger partial charge in [-0.2, -0.15) is 0 Å². The smallest absolute Gasteiger partial charge is 0.313 e. The number of para-hydroxylation sites is 1. The van der Waals surface area contributed by atoms with Crippen LogP contribution in [-0.4, -0.2) is 5.97 Å². The Morgan fingerprint density at radius 1 is 1.40 bits per heavy atom. The van der Waals surface area contributed by atoms with E-state index in [0.717, 1.165) is 5.56 Å². The highest BCUT2D eigenvalue weighted by molar-refractivity contribution is 5.74. The SMILES string of the molecule is CC(C)C(=O)Oc1ccccc1CON. The number of hydrogen-bond donors (Lipinski definition) is 1. The van der Waals surface area contributed by atoms with Gasteiger partial charge in [-0.3, -0.25) is 9.63 Å². The van der Waals surface area contributed by atoms with Crippen LogP contribution in [0.5, 0.6) is 5.75 Å². The third kappa shape index (κ3) is 3.34. The zero-order chi connectivity index (χ0) is 11.3. The van der Waals surface area contributed by atoms with E-state index in [2.05, 4.69) is 4.84 Å². The average molecular weight is 209 g/mol. The van der Waals surface area contributed by atoms with Crippen molar-refractivity contribution >= 4 is 5.97 Å². The van der Waals surface area contributed by atoms with Crippen LogP contribution in [0.4, 0.5) is 0 Å². The highest BCUT2D eigenvalue weighted by Gasteiger charge is 2.12. The van der Waals surface area contributed by atoms with Crippen LogP contribution in [0, 0.1) is 5.92 Å². The molecular formula is C11H15NO3. The van der Waals surface area contributed by atoms with Gasteiger partial charge in [0.15, 0.2) is 0 Å². The van der Waals surface area contributed by atoms with Crippen molar-refractivity contribution in [2.75, 3.05) is 0 Å². The molecule has 0 radical (unpaired) electrons. The molecule has 0 unspecified atom stereocenters. The molecule has 4 nitrogen and oxygen atoms in total. The average Bonchev–Trinajstić information content (AvgIpc) is 2.21. The molecule has 15 heavy (non-hydrogen) atoms. The highest BCUT2D eigenvalue weighted by Crippen LogP contribution is 2.19. The number of nitrogens with two attached hydrogens (primary N) is 1. The standard InChI is InChI=1S/C11H15NO3/c1-8(2)11(13)15-10-6-4-3-5-9(10)7-14-12/h3-6,8H,7,12H2,1-2H3. The van der Waals surface area contributed by atoms with Gasteiger partial charge in [-0.1, -0.05) is 32.0 Å². The second kappa shape index (κ2) is 5.48. The first-order valence-electron chi connectivity index (χ1n) is 4.76. The summed E-state index contributed by atoms with van der Waals surface area (Å²) in [6.07, 6.45) is 0. The molecule has 1 rings (SSSR count). The van der Waals surface area contributed by atoms with Gasteiger partial charge in [-0.05, 0) is 6.07 Å². The first-order chi connectivity index (χ1) is 7.15. The summed E-state index contributed by atoms with van der Waals surface area (Å²) in [6, 6.07) is 7.15. The molecule has 0 aliphatic heterocycles. The normalized spacial score (nSPS) is 10.4. The molecule has 4 heteroatoms. The van der Waals surface area contributed by atoms with Crippen LogP contribution >= 0.6 is 0 Å². The lowest BCUT2D eigenvalue weighted by Gasteiger charge is -2.10. The summed E-state index contributed by atoms with van der Waals surface area (Å²) in [7, 11) is 0. The minimum absolute atomic E-state index is 0.156. The van der Waals surface area contributed by atoms with Crippen LogP contribution < -0.4 is 10.6 Å². The fourth-order valence-electron chi connectivity index (χ4n) is 1.04. The van der Waals surface area contributed by atoms with Gasteiger partial charge in [0.2, 0.25) is 0 Å². The summed E-state index contributed by atoms with van der Waals surface area (Å²) in [5.41, 5.74) is 0.758. The van der Waals surface area contributed by atoms with E-state index in [0.29, 0.717) is 5.75 Å². The number of rotatable bonds is 4. The molecule has 0 atom stereocenters. The maximum Gasteiger partial charge on any atom is 0.313 e. The molecule has 0 spiro atoms. The van der Waals surface area contributed by atoms with Crippen molar-refractivity contribution in [2.45, 2.75) is 20.5 Å². The van der Waals surface area contributed by atoms with Gasteiger partial charge in [-0.25, -0.2) is 5.90 Å². The van der Waals surface area contributed by atoms with E-state index >= 15 is 0 Å². The van der Waals surface area contributed by atoms with Gasteiger partial charge in [0.25, 0.3) is 0 Å². The lowest BCUT2D eigenvalue weighted by Crippen LogP contribution is -2.16. The molecule has 0 fully saturated rings. The predicted molar refractivity (Wildman–Crippen MR) is 55.9 cm³/mol. The van der Waals surface area contributed by atoms with Gasteiger partial charge in [0.05, 0.1) is 12.5 Å². The first-order valence-corrected chi connectivity index (χ1v) is 4.76. The summed E-state index contributed by atoms with van der Waals surface area (Å²) in [4.78, 5) is 15.9. The third-order valence-electron chi connectivity index (χ3n) is 1.89. The molecule has 0 heterocycles. The summed E-state index contributed by atoms with van der Waals surface area (Å²) in [5, 5.41) is 0. The minimum atomic E-state index is -0.264. The van der Waals surface area contributed by atoms with Crippen LogP contribution in [0.3, 0.4) is 0 Å². The Balaban J connectivity index is 2.79. The molecule has 82 valence electrons. The van der Waals surface area contributed by atoms with E-state index in [4.69, 9.17) is 10.6 Å². The molecule has 0 saturated carbocycles. The molecule has 0 amide bonds. The minimum Gasteiger partial charge on any atom is -0.426 e. The Morgan fingerprint density at radius 3 is 2.67 bits per heavy atom. The van der Waals surface area contributed by atoms with Gasteiger partial charge >= 0.3 is 5.97 Å². The number of benzene rings is 1. The maximum atomic E-state index is 11.4. The number of esters is 1. The van der Waals surface area contributed by atoms with Crippen molar-refractivity contribution in [1.29, 1.82) is 0 Å². The topological polar surface area (TPSA) is 61.5 Å². The molecule has 0 bridgehead atoms. The van der Waals surface area contributed by atoms with Crippen LogP contribution in [0.2, 0.25) is 0 Å². The van der Waals surface area contributed by atoms with Gasteiger partial charge in [0, 0.05) is 5.56 Å². The molecule has 0 aliphatic rings. The van der Waals surface area contributed by atoms with Crippen molar-refractivity contribution in [1.82, 2.24) is 0 Å². The fourth-order valence-corrected chi connectivity index (χ4v) is 1.04. The summed E-state index contributed by atoms with van der Waals surface area (Å²) in [6.45, 7) is 3.79. The quantitative estimate of drug-likeness (QED) is 0.465. The molecule has 0 saturated heterocycles. The summed E-state index contributed by atoms with van der Waals surface area (Å²) < 4.78 is 5.18. The van der Waals surface area contributed by atoms with Crippen LogP contribution in [0.15, 0.2) is 24.3 Å². The molecule has 0 aromatic heterocycles. The second-order valence-corrected chi connectivity index (χ2v) is 3.49. The lowest BCUT2D eigenvalue weighted by atomic mass is 10.2. The molecular weight excluding hydrogens is 194 g/mol. The van der Waals surface area contributed by atoms with Crippen molar-refractivity contribution < 1.29 is 14.4 Å². The summed E-state index contributed by atoms with van der Waals surface area (Å²) in [5.74, 6) is 5.06. The van der Waals surface area contributed by atoms with Crippen molar-refractivity contribution in [3.63, 3.8) is 0 Å². The molecule has 2 N–H and O–H groups in total. The van der Waals surface area contributed by atoms with Gasteiger partial charge in [0.1, 0.15) is 5.75 Å². The molecule has 0 aliphatic carbocycles. The number of carbonyl (C=O) groups excluding carboxylic acids is 1. The van der Waals surface area contributed by atoms with E-state index in [1.54, 1.807) is 32.0 Å². The molecule has 1 aromatic carbocycles. The van der Waals surface area contributed by atoms with Crippen molar-refractivity contribution in [3.05, 3.63) is 29.8 Å². The summed E-state index contributed by atoms with van der Waals surface area (Å²) >= 11 is 0. The van der Waals surface area contributed by atoms with E-state index in [-0.39, 0.29) is 18.5 Å². The maximum absolute atomic E-state index is 11.4. The fraction of sp³-hybridized carbons (Fsp3) is 0.364. The largest absolute Gasteiger partial charge is 0.426 e. The highest BCUT2D eigenvalue weighted by atomic mass is 16.6. The molecule has 1 aromatic rings. The number of carbonyl (C=O) groups is 1. The van der Waals surface area contributed by atoms with E-state index in [9.17, 15) is 4.79 Å². The zero-order valence-electron chi connectivity index (χ0n) is 8.90. The van der Waals surface area contributed by atoms with E-state index in [1.165, 1.54) is 0 Å².